The SMILES string of the molecule is Fc1ccc(CNC(=S)c2ccc3c(c2)OCO3)cc1. The summed E-state index contributed by atoms with van der Waals surface area (Å²) in [5.74, 6) is 1.19. The van der Waals surface area contributed by atoms with Crippen molar-refractivity contribution in [2.45, 2.75) is 6.54 Å². The van der Waals surface area contributed by atoms with E-state index < -0.39 is 0 Å². The highest BCUT2D eigenvalue weighted by molar-refractivity contribution is 7.80. The summed E-state index contributed by atoms with van der Waals surface area (Å²) in [6.07, 6.45) is 0. The zero-order valence-corrected chi connectivity index (χ0v) is 11.4. The van der Waals surface area contributed by atoms with Gasteiger partial charge in [0.25, 0.3) is 0 Å². The summed E-state index contributed by atoms with van der Waals surface area (Å²) >= 11 is 5.34. The fourth-order valence-electron chi connectivity index (χ4n) is 1.92. The predicted molar refractivity (Wildman–Crippen MR) is 77.5 cm³/mol. The number of rotatable bonds is 3. The molecule has 1 aliphatic heterocycles. The molecule has 1 N–H and O–H groups in total. The third-order valence-electron chi connectivity index (χ3n) is 3.00. The molecule has 5 heteroatoms. The molecule has 3 rings (SSSR count). The number of ether oxygens (including phenoxy) is 2. The van der Waals surface area contributed by atoms with E-state index in [-0.39, 0.29) is 12.6 Å². The number of fused-ring (bicyclic) bond motifs is 1. The molecule has 1 heterocycles. The van der Waals surface area contributed by atoms with Crippen LogP contribution in [0.4, 0.5) is 4.39 Å². The van der Waals surface area contributed by atoms with Crippen molar-refractivity contribution < 1.29 is 13.9 Å². The van der Waals surface area contributed by atoms with Crippen molar-refractivity contribution in [3.05, 3.63) is 59.4 Å². The maximum atomic E-state index is 12.8. The van der Waals surface area contributed by atoms with Crippen LogP contribution in [-0.2, 0) is 6.54 Å². The lowest BCUT2D eigenvalue weighted by Gasteiger charge is -2.09. The summed E-state index contributed by atoms with van der Waals surface area (Å²) in [7, 11) is 0. The van der Waals surface area contributed by atoms with Crippen molar-refractivity contribution in [1.29, 1.82) is 0 Å². The maximum Gasteiger partial charge on any atom is 0.231 e. The number of hydrogen-bond donors (Lipinski definition) is 1. The Labute approximate surface area is 121 Å². The Hall–Kier alpha value is -2.14. The molecule has 102 valence electrons. The smallest absolute Gasteiger partial charge is 0.231 e. The van der Waals surface area contributed by atoms with Crippen molar-refractivity contribution in [3.8, 4) is 11.5 Å². The molecule has 0 atom stereocenters. The van der Waals surface area contributed by atoms with E-state index in [9.17, 15) is 4.39 Å². The minimum atomic E-state index is -0.243. The third kappa shape index (κ3) is 2.72. The van der Waals surface area contributed by atoms with Crippen LogP contribution in [0.15, 0.2) is 42.5 Å². The monoisotopic (exact) mass is 289 g/mol. The van der Waals surface area contributed by atoms with Crippen molar-refractivity contribution in [1.82, 2.24) is 5.32 Å². The summed E-state index contributed by atoms with van der Waals surface area (Å²) in [6.45, 7) is 0.794. The van der Waals surface area contributed by atoms with Gasteiger partial charge in [0.2, 0.25) is 6.79 Å². The molecule has 1 aliphatic rings. The molecule has 0 saturated heterocycles. The summed E-state index contributed by atoms with van der Waals surface area (Å²) in [5.41, 5.74) is 1.83. The maximum absolute atomic E-state index is 12.8. The van der Waals surface area contributed by atoms with Gasteiger partial charge >= 0.3 is 0 Å². The fourth-order valence-corrected chi connectivity index (χ4v) is 2.12. The summed E-state index contributed by atoms with van der Waals surface area (Å²) in [6, 6.07) is 11.9. The van der Waals surface area contributed by atoms with Crippen molar-refractivity contribution in [2.24, 2.45) is 0 Å². The molecule has 2 aromatic rings. The minimum absolute atomic E-state index is 0.243. The number of thiocarbonyl (C=S) groups is 1. The van der Waals surface area contributed by atoms with Crippen LogP contribution in [0.25, 0.3) is 0 Å². The lowest BCUT2D eigenvalue weighted by atomic mass is 10.2. The van der Waals surface area contributed by atoms with Gasteiger partial charge in [0.1, 0.15) is 10.8 Å². The first-order chi connectivity index (χ1) is 9.72. The first kappa shape index (κ1) is 12.9. The molecule has 0 fully saturated rings. The van der Waals surface area contributed by atoms with Gasteiger partial charge in [-0.1, -0.05) is 24.4 Å². The van der Waals surface area contributed by atoms with E-state index in [0.717, 1.165) is 16.9 Å². The zero-order chi connectivity index (χ0) is 13.9. The van der Waals surface area contributed by atoms with Gasteiger partial charge in [0.15, 0.2) is 11.5 Å². The number of halogens is 1. The van der Waals surface area contributed by atoms with Gasteiger partial charge in [-0.2, -0.15) is 0 Å². The first-order valence-corrected chi connectivity index (χ1v) is 6.55. The highest BCUT2D eigenvalue weighted by atomic mass is 32.1. The molecule has 0 aromatic heterocycles. The Bertz CT molecular complexity index is 643. The lowest BCUT2D eigenvalue weighted by Crippen LogP contribution is -2.21. The van der Waals surface area contributed by atoms with E-state index in [1.165, 1.54) is 12.1 Å². The van der Waals surface area contributed by atoms with Crippen LogP contribution in [0.1, 0.15) is 11.1 Å². The van der Waals surface area contributed by atoms with Gasteiger partial charge in [0.05, 0.1) is 0 Å². The lowest BCUT2D eigenvalue weighted by molar-refractivity contribution is 0.174. The molecule has 3 nitrogen and oxygen atoms in total. The molecule has 0 spiro atoms. The second-order valence-corrected chi connectivity index (χ2v) is 4.79. The largest absolute Gasteiger partial charge is 0.454 e. The van der Waals surface area contributed by atoms with E-state index in [1.54, 1.807) is 12.1 Å². The van der Waals surface area contributed by atoms with Crippen LogP contribution < -0.4 is 14.8 Å². The topological polar surface area (TPSA) is 30.5 Å². The van der Waals surface area contributed by atoms with Crippen molar-refractivity contribution >= 4 is 17.2 Å². The summed E-state index contributed by atoms with van der Waals surface area (Å²) < 4.78 is 23.4. The van der Waals surface area contributed by atoms with Crippen LogP contribution in [-0.4, -0.2) is 11.8 Å². The van der Waals surface area contributed by atoms with Crippen LogP contribution in [0.2, 0.25) is 0 Å². The Morgan fingerprint density at radius 2 is 1.85 bits per heavy atom. The van der Waals surface area contributed by atoms with Gasteiger partial charge in [-0.15, -0.1) is 0 Å². The molecule has 0 amide bonds. The van der Waals surface area contributed by atoms with Gasteiger partial charge < -0.3 is 14.8 Å². The molecule has 2 aromatic carbocycles. The van der Waals surface area contributed by atoms with Crippen molar-refractivity contribution in [2.75, 3.05) is 6.79 Å². The van der Waals surface area contributed by atoms with E-state index in [0.29, 0.717) is 17.3 Å². The van der Waals surface area contributed by atoms with Crippen LogP contribution in [0.3, 0.4) is 0 Å². The molecular formula is C15H12FNO2S. The minimum Gasteiger partial charge on any atom is -0.454 e. The average Bonchev–Trinajstić information content (AvgIpc) is 2.93. The van der Waals surface area contributed by atoms with E-state index in [4.69, 9.17) is 21.7 Å². The molecule has 0 unspecified atom stereocenters. The normalized spacial score (nSPS) is 12.2. The third-order valence-corrected chi connectivity index (χ3v) is 3.38. The Kier molecular flexibility index (Phi) is 3.52. The second-order valence-electron chi connectivity index (χ2n) is 4.38. The van der Waals surface area contributed by atoms with E-state index in [2.05, 4.69) is 5.32 Å². The average molecular weight is 289 g/mol. The van der Waals surface area contributed by atoms with Gasteiger partial charge in [-0.25, -0.2) is 4.39 Å². The Morgan fingerprint density at radius 3 is 2.65 bits per heavy atom. The molecule has 0 aliphatic carbocycles. The fraction of sp³-hybridized carbons (Fsp3) is 0.133. The van der Waals surface area contributed by atoms with E-state index >= 15 is 0 Å². The molecule has 0 saturated carbocycles. The van der Waals surface area contributed by atoms with Gasteiger partial charge in [0, 0.05) is 12.1 Å². The van der Waals surface area contributed by atoms with Crippen LogP contribution in [0.5, 0.6) is 11.5 Å². The summed E-state index contributed by atoms with van der Waals surface area (Å²) in [5, 5.41) is 3.14. The second kappa shape index (κ2) is 5.46. The highest BCUT2D eigenvalue weighted by Crippen LogP contribution is 2.32. The van der Waals surface area contributed by atoms with Gasteiger partial charge in [-0.05, 0) is 35.9 Å². The number of benzene rings is 2. The number of hydrogen-bond acceptors (Lipinski definition) is 3. The highest BCUT2D eigenvalue weighted by Gasteiger charge is 2.14. The van der Waals surface area contributed by atoms with Crippen LogP contribution in [0, 0.1) is 5.82 Å². The molecule has 0 bridgehead atoms. The summed E-state index contributed by atoms with van der Waals surface area (Å²) in [4.78, 5) is 0.618. The van der Waals surface area contributed by atoms with Crippen LogP contribution >= 0.6 is 12.2 Å². The molecular weight excluding hydrogens is 277 g/mol. The van der Waals surface area contributed by atoms with E-state index in [1.807, 2.05) is 18.2 Å². The number of nitrogens with one attached hydrogen (secondary N) is 1. The Morgan fingerprint density at radius 1 is 1.10 bits per heavy atom. The quantitative estimate of drug-likeness (QED) is 0.880. The molecule has 20 heavy (non-hydrogen) atoms. The first-order valence-electron chi connectivity index (χ1n) is 6.15. The van der Waals surface area contributed by atoms with Crippen molar-refractivity contribution in [3.63, 3.8) is 0 Å². The Balaban J connectivity index is 1.66. The van der Waals surface area contributed by atoms with Gasteiger partial charge in [-0.3, -0.25) is 0 Å². The zero-order valence-electron chi connectivity index (χ0n) is 10.6. The molecule has 0 radical (unpaired) electrons. The predicted octanol–water partition coefficient (Wildman–Crippen LogP) is 3.02. The standard InChI is InChI=1S/C15H12FNO2S/c16-12-4-1-10(2-5-12)8-17-15(20)11-3-6-13-14(7-11)19-9-18-13/h1-7H,8-9H2,(H,17,20).